The molecule has 86 valence electrons. The second-order valence-electron chi connectivity index (χ2n) is 5.77. The fourth-order valence-electron chi connectivity index (χ4n) is 3.33. The Kier molecular flexibility index (Phi) is 2.98. The van der Waals surface area contributed by atoms with E-state index in [1.165, 1.54) is 57.9 Å². The van der Waals surface area contributed by atoms with Gasteiger partial charge in [0.25, 0.3) is 0 Å². The number of fused-ring (bicyclic) bond motifs is 1. The standard InChI is InChI=1S/C13H24N2/c1-2-4-13-10(3-1)5-6-12(15-13)9-14-11-7-8-11/h10-15H,1-9H2. The molecule has 3 rings (SSSR count). The average molecular weight is 208 g/mol. The third-order valence-electron chi connectivity index (χ3n) is 4.48. The summed E-state index contributed by atoms with van der Waals surface area (Å²) in [6.45, 7) is 1.22. The van der Waals surface area contributed by atoms with Crippen molar-refractivity contribution in [1.29, 1.82) is 0 Å². The molecule has 2 aliphatic carbocycles. The molecule has 2 saturated carbocycles. The average Bonchev–Trinajstić information content (AvgIpc) is 3.10. The van der Waals surface area contributed by atoms with Crippen molar-refractivity contribution in [2.24, 2.45) is 5.92 Å². The van der Waals surface area contributed by atoms with Gasteiger partial charge in [-0.15, -0.1) is 0 Å². The molecule has 2 N–H and O–H groups in total. The molecule has 0 bridgehead atoms. The van der Waals surface area contributed by atoms with Crippen LogP contribution in [0.15, 0.2) is 0 Å². The molecule has 0 aromatic rings. The second-order valence-corrected chi connectivity index (χ2v) is 5.77. The van der Waals surface area contributed by atoms with Gasteiger partial charge in [0.05, 0.1) is 0 Å². The minimum atomic E-state index is 0.768. The Morgan fingerprint density at radius 1 is 0.933 bits per heavy atom. The van der Waals surface area contributed by atoms with Gasteiger partial charge in [-0.25, -0.2) is 0 Å². The first kappa shape index (κ1) is 10.1. The van der Waals surface area contributed by atoms with Gasteiger partial charge in [-0.3, -0.25) is 0 Å². The molecule has 3 unspecified atom stereocenters. The van der Waals surface area contributed by atoms with Crippen LogP contribution in [0.5, 0.6) is 0 Å². The molecule has 15 heavy (non-hydrogen) atoms. The zero-order valence-corrected chi connectivity index (χ0v) is 9.67. The van der Waals surface area contributed by atoms with Gasteiger partial charge >= 0.3 is 0 Å². The summed E-state index contributed by atoms with van der Waals surface area (Å²) in [5.74, 6) is 1.01. The molecule has 1 saturated heterocycles. The first-order valence-electron chi connectivity index (χ1n) is 6.91. The van der Waals surface area contributed by atoms with E-state index in [0.29, 0.717) is 0 Å². The van der Waals surface area contributed by atoms with Crippen LogP contribution in [-0.2, 0) is 0 Å². The Bertz CT molecular complexity index is 213. The van der Waals surface area contributed by atoms with E-state index in [1.54, 1.807) is 0 Å². The van der Waals surface area contributed by atoms with Crippen LogP contribution in [0.25, 0.3) is 0 Å². The van der Waals surface area contributed by atoms with Gasteiger partial charge in [-0.1, -0.05) is 12.8 Å². The van der Waals surface area contributed by atoms with Crippen molar-refractivity contribution in [2.75, 3.05) is 6.54 Å². The minimum absolute atomic E-state index is 0.768. The van der Waals surface area contributed by atoms with Crippen LogP contribution in [0.4, 0.5) is 0 Å². The third-order valence-corrected chi connectivity index (χ3v) is 4.48. The van der Waals surface area contributed by atoms with E-state index in [9.17, 15) is 0 Å². The number of hydrogen-bond acceptors (Lipinski definition) is 2. The van der Waals surface area contributed by atoms with Crippen LogP contribution in [0.3, 0.4) is 0 Å². The van der Waals surface area contributed by atoms with Crippen LogP contribution < -0.4 is 10.6 Å². The maximum atomic E-state index is 3.88. The lowest BCUT2D eigenvalue weighted by Crippen LogP contribution is -2.52. The van der Waals surface area contributed by atoms with Crippen molar-refractivity contribution in [2.45, 2.75) is 69.5 Å². The first-order valence-corrected chi connectivity index (χ1v) is 6.91. The Balaban J connectivity index is 1.46. The fourth-order valence-corrected chi connectivity index (χ4v) is 3.33. The van der Waals surface area contributed by atoms with Gasteiger partial charge in [0.1, 0.15) is 0 Å². The maximum Gasteiger partial charge on any atom is 0.0195 e. The minimum Gasteiger partial charge on any atom is -0.312 e. The van der Waals surface area contributed by atoms with E-state index < -0.39 is 0 Å². The summed E-state index contributed by atoms with van der Waals surface area (Å²) in [6.07, 6.45) is 11.6. The summed E-state index contributed by atoms with van der Waals surface area (Å²) < 4.78 is 0. The highest BCUT2D eigenvalue weighted by molar-refractivity contribution is 4.91. The lowest BCUT2D eigenvalue weighted by molar-refractivity contribution is 0.174. The van der Waals surface area contributed by atoms with Gasteiger partial charge in [-0.2, -0.15) is 0 Å². The molecule has 3 atom stereocenters. The zero-order chi connectivity index (χ0) is 10.1. The van der Waals surface area contributed by atoms with Gasteiger partial charge in [0.2, 0.25) is 0 Å². The summed E-state index contributed by atoms with van der Waals surface area (Å²) >= 11 is 0. The Morgan fingerprint density at radius 2 is 1.80 bits per heavy atom. The number of piperidine rings is 1. The fraction of sp³-hybridized carbons (Fsp3) is 1.00. The van der Waals surface area contributed by atoms with E-state index in [0.717, 1.165) is 24.0 Å². The van der Waals surface area contributed by atoms with Crippen molar-refractivity contribution < 1.29 is 0 Å². The highest BCUT2D eigenvalue weighted by atomic mass is 15.0. The van der Waals surface area contributed by atoms with Crippen molar-refractivity contribution in [3.05, 3.63) is 0 Å². The Labute approximate surface area is 93.2 Å². The molecule has 0 radical (unpaired) electrons. The molecule has 3 aliphatic rings. The van der Waals surface area contributed by atoms with E-state index >= 15 is 0 Å². The molecule has 2 heteroatoms. The highest BCUT2D eigenvalue weighted by Crippen LogP contribution is 2.32. The van der Waals surface area contributed by atoms with Gasteiger partial charge in [0.15, 0.2) is 0 Å². The van der Waals surface area contributed by atoms with E-state index in [2.05, 4.69) is 10.6 Å². The van der Waals surface area contributed by atoms with Gasteiger partial charge in [0, 0.05) is 24.7 Å². The molecule has 0 aromatic carbocycles. The molecular weight excluding hydrogens is 184 g/mol. The quantitative estimate of drug-likeness (QED) is 0.742. The topological polar surface area (TPSA) is 24.1 Å². The molecular formula is C13H24N2. The molecule has 1 aliphatic heterocycles. The van der Waals surface area contributed by atoms with Gasteiger partial charge in [-0.05, 0) is 44.4 Å². The predicted octanol–water partition coefficient (Wildman–Crippen LogP) is 2.05. The highest BCUT2D eigenvalue weighted by Gasteiger charge is 2.32. The van der Waals surface area contributed by atoms with E-state index in [-0.39, 0.29) is 0 Å². The predicted molar refractivity (Wildman–Crippen MR) is 62.9 cm³/mol. The largest absolute Gasteiger partial charge is 0.312 e. The van der Waals surface area contributed by atoms with Gasteiger partial charge < -0.3 is 10.6 Å². The summed E-state index contributed by atoms with van der Waals surface area (Å²) in [5.41, 5.74) is 0. The first-order chi connectivity index (χ1) is 7.42. The third kappa shape index (κ3) is 2.54. The van der Waals surface area contributed by atoms with Crippen LogP contribution >= 0.6 is 0 Å². The molecule has 3 fully saturated rings. The molecule has 0 amide bonds. The van der Waals surface area contributed by atoms with E-state index in [4.69, 9.17) is 0 Å². The van der Waals surface area contributed by atoms with Crippen LogP contribution in [0.2, 0.25) is 0 Å². The van der Waals surface area contributed by atoms with Crippen LogP contribution in [-0.4, -0.2) is 24.7 Å². The summed E-state index contributed by atoms with van der Waals surface area (Å²) in [6, 6.07) is 2.50. The lowest BCUT2D eigenvalue weighted by Gasteiger charge is -2.40. The van der Waals surface area contributed by atoms with E-state index in [1.807, 2.05) is 0 Å². The van der Waals surface area contributed by atoms with Crippen molar-refractivity contribution in [3.8, 4) is 0 Å². The monoisotopic (exact) mass is 208 g/mol. The second kappa shape index (κ2) is 4.42. The number of rotatable bonds is 3. The summed E-state index contributed by atoms with van der Waals surface area (Å²) in [5, 5.41) is 7.54. The number of hydrogen-bond donors (Lipinski definition) is 2. The number of nitrogens with one attached hydrogen (secondary N) is 2. The van der Waals surface area contributed by atoms with Crippen molar-refractivity contribution in [1.82, 2.24) is 10.6 Å². The molecule has 2 nitrogen and oxygen atoms in total. The smallest absolute Gasteiger partial charge is 0.0195 e. The maximum absolute atomic E-state index is 3.88. The molecule has 1 heterocycles. The molecule has 0 spiro atoms. The normalized spacial score (nSPS) is 41.2. The Hall–Kier alpha value is -0.0800. The SMILES string of the molecule is C1CCC2NC(CNC3CC3)CCC2C1. The summed E-state index contributed by atoms with van der Waals surface area (Å²) in [7, 11) is 0. The summed E-state index contributed by atoms with van der Waals surface area (Å²) in [4.78, 5) is 0. The van der Waals surface area contributed by atoms with Crippen LogP contribution in [0.1, 0.15) is 51.4 Å². The zero-order valence-electron chi connectivity index (χ0n) is 9.67. The molecule has 0 aromatic heterocycles. The van der Waals surface area contributed by atoms with Crippen molar-refractivity contribution in [3.63, 3.8) is 0 Å². The van der Waals surface area contributed by atoms with Crippen molar-refractivity contribution >= 4 is 0 Å². The van der Waals surface area contributed by atoms with Crippen LogP contribution in [0, 0.1) is 5.92 Å². The lowest BCUT2D eigenvalue weighted by atomic mass is 9.78. The Morgan fingerprint density at radius 3 is 2.67 bits per heavy atom.